The first-order valence-corrected chi connectivity index (χ1v) is 11.2. The van der Waals surface area contributed by atoms with Crippen LogP contribution in [0.1, 0.15) is 18.9 Å². The lowest BCUT2D eigenvalue weighted by molar-refractivity contribution is -0.151. The predicted octanol–water partition coefficient (Wildman–Crippen LogP) is 3.04. The van der Waals surface area contributed by atoms with Crippen molar-refractivity contribution < 1.29 is 19.1 Å². The SMILES string of the molecule is CCc1ccc(N2CC(C(=O)OCC(=O)C(C#N)=C3N(C)c4ccccc4N3C)CC2=O)cc1. The van der Waals surface area contributed by atoms with Crippen LogP contribution in [0.15, 0.2) is 59.9 Å². The number of fused-ring (bicyclic) bond motifs is 1. The molecular weight excluding hydrogens is 432 g/mol. The van der Waals surface area contributed by atoms with Crippen molar-refractivity contribution in [2.45, 2.75) is 19.8 Å². The molecule has 8 nitrogen and oxygen atoms in total. The third kappa shape index (κ3) is 4.13. The summed E-state index contributed by atoms with van der Waals surface area (Å²) in [7, 11) is 3.56. The van der Waals surface area contributed by atoms with Gasteiger partial charge in [-0.3, -0.25) is 14.4 Å². The maximum Gasteiger partial charge on any atom is 0.311 e. The van der Waals surface area contributed by atoms with Crippen molar-refractivity contribution in [3.63, 3.8) is 0 Å². The van der Waals surface area contributed by atoms with E-state index in [4.69, 9.17) is 4.74 Å². The molecule has 0 bridgehead atoms. The van der Waals surface area contributed by atoms with E-state index >= 15 is 0 Å². The Morgan fingerprint density at radius 1 is 1.06 bits per heavy atom. The second-order valence-electron chi connectivity index (χ2n) is 8.37. The number of ether oxygens (including phenoxy) is 1. The van der Waals surface area contributed by atoms with Crippen molar-refractivity contribution in [1.82, 2.24) is 0 Å². The molecule has 0 spiro atoms. The van der Waals surface area contributed by atoms with Crippen molar-refractivity contribution in [3.05, 3.63) is 65.5 Å². The predicted molar refractivity (Wildman–Crippen MR) is 128 cm³/mol. The first-order valence-electron chi connectivity index (χ1n) is 11.2. The fraction of sp³-hybridized carbons (Fsp3) is 0.308. The van der Waals surface area contributed by atoms with Gasteiger partial charge in [-0.2, -0.15) is 5.26 Å². The summed E-state index contributed by atoms with van der Waals surface area (Å²) >= 11 is 0. The second-order valence-corrected chi connectivity index (χ2v) is 8.37. The first kappa shape index (κ1) is 23.1. The Morgan fingerprint density at radius 2 is 1.68 bits per heavy atom. The molecule has 0 radical (unpaired) electrons. The van der Waals surface area contributed by atoms with Crippen molar-refractivity contribution in [2.24, 2.45) is 5.92 Å². The van der Waals surface area contributed by atoms with Gasteiger partial charge in [-0.25, -0.2) is 0 Å². The Bertz CT molecular complexity index is 1180. The second kappa shape index (κ2) is 9.40. The van der Waals surface area contributed by atoms with E-state index in [0.29, 0.717) is 5.82 Å². The van der Waals surface area contributed by atoms with Crippen LogP contribution in [0.4, 0.5) is 17.1 Å². The fourth-order valence-corrected chi connectivity index (χ4v) is 4.41. The largest absolute Gasteiger partial charge is 0.457 e. The van der Waals surface area contributed by atoms with E-state index in [0.717, 1.165) is 29.0 Å². The van der Waals surface area contributed by atoms with Crippen LogP contribution in [0.2, 0.25) is 0 Å². The van der Waals surface area contributed by atoms with E-state index in [1.807, 2.05) is 54.6 Å². The normalized spacial score (nSPS) is 17.0. The monoisotopic (exact) mass is 458 g/mol. The lowest BCUT2D eigenvalue weighted by atomic mass is 10.1. The molecule has 0 aliphatic carbocycles. The van der Waals surface area contributed by atoms with Gasteiger partial charge in [-0.15, -0.1) is 0 Å². The van der Waals surface area contributed by atoms with Gasteiger partial charge in [0.2, 0.25) is 11.7 Å². The third-order valence-corrected chi connectivity index (χ3v) is 6.31. The van der Waals surface area contributed by atoms with Gasteiger partial charge in [0.15, 0.2) is 6.61 Å². The zero-order chi connectivity index (χ0) is 24.4. The Balaban J connectivity index is 1.42. The highest BCUT2D eigenvalue weighted by Crippen LogP contribution is 2.40. The maximum atomic E-state index is 12.8. The number of para-hydroxylation sites is 2. The molecule has 1 unspecified atom stereocenters. The molecule has 2 heterocycles. The molecule has 34 heavy (non-hydrogen) atoms. The number of aryl methyl sites for hydroxylation is 1. The van der Waals surface area contributed by atoms with Gasteiger partial charge in [0.1, 0.15) is 17.5 Å². The number of hydrogen-bond donors (Lipinski definition) is 0. The van der Waals surface area contributed by atoms with Crippen molar-refractivity contribution in [3.8, 4) is 6.07 Å². The molecule has 2 aliphatic rings. The van der Waals surface area contributed by atoms with Crippen LogP contribution >= 0.6 is 0 Å². The van der Waals surface area contributed by atoms with Gasteiger partial charge in [0.05, 0.1) is 17.3 Å². The number of rotatable bonds is 6. The number of esters is 1. The number of anilines is 3. The van der Waals surface area contributed by atoms with Crippen LogP contribution in [0.25, 0.3) is 0 Å². The average molecular weight is 459 g/mol. The van der Waals surface area contributed by atoms with Crippen LogP contribution < -0.4 is 14.7 Å². The number of benzene rings is 2. The van der Waals surface area contributed by atoms with Gasteiger partial charge in [0.25, 0.3) is 0 Å². The zero-order valence-corrected chi connectivity index (χ0v) is 19.4. The summed E-state index contributed by atoms with van der Waals surface area (Å²) < 4.78 is 5.26. The quantitative estimate of drug-likeness (QED) is 0.373. The number of hydrogen-bond acceptors (Lipinski definition) is 7. The maximum absolute atomic E-state index is 12.8. The average Bonchev–Trinajstić information content (AvgIpc) is 3.36. The highest BCUT2D eigenvalue weighted by atomic mass is 16.5. The Labute approximate surface area is 198 Å². The van der Waals surface area contributed by atoms with E-state index in [-0.39, 0.29) is 24.4 Å². The minimum atomic E-state index is -0.662. The molecule has 174 valence electrons. The van der Waals surface area contributed by atoms with Gasteiger partial charge in [0, 0.05) is 32.7 Å². The molecule has 2 aromatic carbocycles. The number of carbonyl (C=O) groups is 3. The van der Waals surface area contributed by atoms with Crippen molar-refractivity contribution in [1.29, 1.82) is 5.26 Å². The zero-order valence-electron chi connectivity index (χ0n) is 19.4. The summed E-state index contributed by atoms with van der Waals surface area (Å²) in [6.07, 6.45) is 0.922. The molecule has 0 N–H and O–H groups in total. The highest BCUT2D eigenvalue weighted by molar-refractivity contribution is 6.04. The number of carbonyl (C=O) groups excluding carboxylic acids is 3. The molecule has 2 aliphatic heterocycles. The number of amides is 1. The summed E-state index contributed by atoms with van der Waals surface area (Å²) in [5.41, 5.74) is 3.54. The molecular formula is C26H26N4O4. The van der Waals surface area contributed by atoms with E-state index in [1.54, 1.807) is 28.8 Å². The van der Waals surface area contributed by atoms with Crippen LogP contribution in [-0.2, 0) is 25.5 Å². The van der Waals surface area contributed by atoms with E-state index in [2.05, 4.69) is 6.92 Å². The van der Waals surface area contributed by atoms with Crippen LogP contribution in [0, 0.1) is 17.2 Å². The number of ketones is 1. The number of Topliss-reactive ketones (excluding diaryl/α,β-unsaturated/α-hetero) is 1. The molecule has 2 aromatic rings. The fourth-order valence-electron chi connectivity index (χ4n) is 4.41. The summed E-state index contributed by atoms with van der Waals surface area (Å²) in [5.74, 6) is -1.60. The van der Waals surface area contributed by atoms with Gasteiger partial charge >= 0.3 is 5.97 Å². The third-order valence-electron chi connectivity index (χ3n) is 6.31. The van der Waals surface area contributed by atoms with Crippen LogP contribution in [0.3, 0.4) is 0 Å². The molecule has 1 atom stereocenters. The van der Waals surface area contributed by atoms with Crippen LogP contribution in [-0.4, -0.2) is 44.9 Å². The molecule has 4 rings (SSSR count). The van der Waals surface area contributed by atoms with E-state index in [9.17, 15) is 19.6 Å². The minimum absolute atomic E-state index is 0.0233. The minimum Gasteiger partial charge on any atom is -0.457 e. The van der Waals surface area contributed by atoms with E-state index in [1.165, 1.54) is 0 Å². The van der Waals surface area contributed by atoms with Crippen LogP contribution in [0.5, 0.6) is 0 Å². The summed E-state index contributed by atoms with van der Waals surface area (Å²) in [6.45, 7) is 1.70. The van der Waals surface area contributed by atoms with Gasteiger partial charge in [-0.1, -0.05) is 31.2 Å². The summed E-state index contributed by atoms with van der Waals surface area (Å²) in [4.78, 5) is 43.1. The summed E-state index contributed by atoms with van der Waals surface area (Å²) in [5, 5.41) is 9.71. The van der Waals surface area contributed by atoms with Crippen molar-refractivity contribution >= 4 is 34.7 Å². The van der Waals surface area contributed by atoms with Gasteiger partial charge < -0.3 is 19.4 Å². The summed E-state index contributed by atoms with van der Waals surface area (Å²) in [6, 6.07) is 17.2. The lowest BCUT2D eigenvalue weighted by Gasteiger charge is -2.20. The first-order chi connectivity index (χ1) is 16.3. The molecule has 1 fully saturated rings. The smallest absolute Gasteiger partial charge is 0.311 e. The highest BCUT2D eigenvalue weighted by Gasteiger charge is 2.37. The Hall–Kier alpha value is -4.12. The molecule has 8 heteroatoms. The number of nitrogens with zero attached hydrogens (tertiary/aromatic N) is 4. The lowest BCUT2D eigenvalue weighted by Crippen LogP contribution is -2.29. The molecule has 0 aromatic heterocycles. The Morgan fingerprint density at radius 3 is 2.24 bits per heavy atom. The molecule has 1 saturated heterocycles. The van der Waals surface area contributed by atoms with Gasteiger partial charge in [-0.05, 0) is 36.2 Å². The van der Waals surface area contributed by atoms with Crippen molar-refractivity contribution in [2.75, 3.05) is 41.9 Å². The van der Waals surface area contributed by atoms with E-state index < -0.39 is 24.3 Å². The standard InChI is InChI=1S/C26H26N4O4/c1-4-17-9-11-19(12-10-17)30-15-18(13-24(30)32)26(33)34-16-23(31)20(14-27)25-28(2)21-7-5-6-8-22(21)29(25)3/h5-12,18H,4,13,15-16H2,1-3H3. The molecule has 0 saturated carbocycles. The Kier molecular flexibility index (Phi) is 6.37. The molecule has 1 amide bonds. The topological polar surface area (TPSA) is 93.9 Å². The number of nitriles is 1.